The molecule has 214 valence electrons. The van der Waals surface area contributed by atoms with Gasteiger partial charge in [0.2, 0.25) is 0 Å². The van der Waals surface area contributed by atoms with Gasteiger partial charge < -0.3 is 24.4 Å². The number of carbonyl (C=O) groups is 1. The summed E-state index contributed by atoms with van der Waals surface area (Å²) >= 11 is 0. The molecule has 3 aromatic rings. The zero-order valence-corrected chi connectivity index (χ0v) is 25.6. The van der Waals surface area contributed by atoms with Crippen molar-refractivity contribution in [3.63, 3.8) is 0 Å². The number of carbonyl (C=O) groups excluding carboxylic acids is 1. The Bertz CT molecular complexity index is 1210. The first-order valence-corrected chi connectivity index (χ1v) is 15.4. The van der Waals surface area contributed by atoms with Crippen molar-refractivity contribution in [2.75, 3.05) is 13.7 Å². The van der Waals surface area contributed by atoms with Gasteiger partial charge in [0, 0.05) is 5.56 Å². The number of nitrogens with one attached hydrogen (secondary N) is 1. The molecule has 0 aliphatic heterocycles. The first-order chi connectivity index (χ1) is 18.8. The topological polar surface area (TPSA) is 82.9 Å². The fourth-order valence-corrected chi connectivity index (χ4v) is 9.31. The Kier molecular flexibility index (Phi) is 10.2. The Morgan fingerprint density at radius 2 is 1.43 bits per heavy atom. The van der Waals surface area contributed by atoms with E-state index in [1.165, 1.54) is 6.21 Å². The normalized spacial score (nSPS) is 13.4. The summed E-state index contributed by atoms with van der Waals surface area (Å²) in [6.45, 7) is 12.1. The van der Waals surface area contributed by atoms with Crippen LogP contribution in [0.15, 0.2) is 84.9 Å². The van der Waals surface area contributed by atoms with Crippen molar-refractivity contribution in [3.05, 3.63) is 95.7 Å². The minimum Gasteiger partial charge on any atom is -0.624 e. The molecule has 3 rings (SSSR count). The second-order valence-electron chi connectivity index (χ2n) is 11.8. The van der Waals surface area contributed by atoms with Gasteiger partial charge in [-0.3, -0.25) is 0 Å². The van der Waals surface area contributed by atoms with Crippen LogP contribution in [0, 0.1) is 5.21 Å². The van der Waals surface area contributed by atoms with E-state index in [4.69, 9.17) is 13.9 Å². The van der Waals surface area contributed by atoms with Crippen LogP contribution >= 0.6 is 0 Å². The molecule has 0 aromatic heterocycles. The quantitative estimate of drug-likeness (QED) is 0.120. The SMILES string of the molecule is COc1ccc(C/[N+]([O-])=C/[C@H](CO[Si](c2ccccc2)(c2ccccc2)C(C)(C)C)NC(=O)OC(C)(C)C)cc1. The highest BCUT2D eigenvalue weighted by Gasteiger charge is 2.50. The molecular weight excluding hydrogens is 520 g/mol. The lowest BCUT2D eigenvalue weighted by Gasteiger charge is -2.43. The van der Waals surface area contributed by atoms with Crippen molar-refractivity contribution in [3.8, 4) is 5.75 Å². The van der Waals surface area contributed by atoms with Crippen molar-refractivity contribution in [1.29, 1.82) is 0 Å². The van der Waals surface area contributed by atoms with Gasteiger partial charge in [-0.2, -0.15) is 0 Å². The van der Waals surface area contributed by atoms with Crippen molar-refractivity contribution in [2.45, 2.75) is 64.8 Å². The smallest absolute Gasteiger partial charge is 0.408 e. The summed E-state index contributed by atoms with van der Waals surface area (Å²) in [4.78, 5) is 12.8. The monoisotopic (exact) mass is 562 g/mol. The van der Waals surface area contributed by atoms with E-state index in [9.17, 15) is 10.0 Å². The predicted octanol–water partition coefficient (Wildman–Crippen LogP) is 5.25. The Morgan fingerprint density at radius 1 is 0.900 bits per heavy atom. The maximum absolute atomic E-state index is 13.1. The molecule has 1 N–H and O–H groups in total. The molecule has 0 unspecified atom stereocenters. The first kappa shape index (κ1) is 30.9. The minimum absolute atomic E-state index is 0.0911. The zero-order chi connectivity index (χ0) is 29.4. The van der Waals surface area contributed by atoms with E-state index in [1.54, 1.807) is 27.9 Å². The molecule has 40 heavy (non-hydrogen) atoms. The van der Waals surface area contributed by atoms with E-state index < -0.39 is 26.1 Å². The Labute approximate surface area is 239 Å². The van der Waals surface area contributed by atoms with Gasteiger partial charge in [0.25, 0.3) is 8.32 Å². The number of hydroxylamine groups is 1. The third-order valence-electron chi connectivity index (χ3n) is 6.44. The van der Waals surface area contributed by atoms with Gasteiger partial charge in [0.1, 0.15) is 17.4 Å². The lowest BCUT2D eigenvalue weighted by molar-refractivity contribution is -0.471. The van der Waals surface area contributed by atoms with E-state index in [2.05, 4.69) is 50.4 Å². The fourth-order valence-electron chi connectivity index (χ4n) is 4.72. The van der Waals surface area contributed by atoms with Gasteiger partial charge in [-0.15, -0.1) is 0 Å². The molecule has 0 bridgehead atoms. The highest BCUT2D eigenvalue weighted by molar-refractivity contribution is 6.99. The second kappa shape index (κ2) is 13.2. The van der Waals surface area contributed by atoms with E-state index in [-0.39, 0.29) is 18.2 Å². The third kappa shape index (κ3) is 8.19. The Morgan fingerprint density at radius 3 is 1.88 bits per heavy atom. The molecule has 1 amide bonds. The van der Waals surface area contributed by atoms with Gasteiger partial charge in [-0.05, 0) is 60.4 Å². The van der Waals surface area contributed by atoms with Crippen molar-refractivity contribution in [1.82, 2.24) is 5.32 Å². The van der Waals surface area contributed by atoms with E-state index in [0.717, 1.165) is 20.7 Å². The molecule has 0 fully saturated rings. The molecule has 3 aromatic carbocycles. The van der Waals surface area contributed by atoms with Gasteiger partial charge in [0.05, 0.1) is 13.7 Å². The lowest BCUT2D eigenvalue weighted by atomic mass is 10.2. The van der Waals surface area contributed by atoms with Gasteiger partial charge in [0.15, 0.2) is 12.8 Å². The van der Waals surface area contributed by atoms with Crippen molar-refractivity contribution < 1.29 is 23.4 Å². The van der Waals surface area contributed by atoms with E-state index in [0.29, 0.717) is 5.75 Å². The van der Waals surface area contributed by atoms with Crippen LogP contribution in [0.5, 0.6) is 5.75 Å². The summed E-state index contributed by atoms with van der Waals surface area (Å²) in [5.74, 6) is 0.716. The molecule has 7 nitrogen and oxygen atoms in total. The number of methoxy groups -OCH3 is 1. The molecule has 0 radical (unpaired) electrons. The van der Waals surface area contributed by atoms with Crippen LogP contribution in [0.4, 0.5) is 4.79 Å². The van der Waals surface area contributed by atoms with Crippen molar-refractivity contribution >= 4 is 31.0 Å². The van der Waals surface area contributed by atoms with E-state index in [1.807, 2.05) is 60.7 Å². The van der Waals surface area contributed by atoms with Crippen LogP contribution in [0.3, 0.4) is 0 Å². The van der Waals surface area contributed by atoms with Crippen molar-refractivity contribution in [2.24, 2.45) is 0 Å². The summed E-state index contributed by atoms with van der Waals surface area (Å²) in [7, 11) is -1.29. The molecule has 8 heteroatoms. The van der Waals surface area contributed by atoms with Crippen LogP contribution < -0.4 is 20.4 Å². The molecule has 0 heterocycles. The number of alkyl carbamates (subject to hydrolysis) is 1. The molecule has 0 aliphatic rings. The molecule has 0 spiro atoms. The van der Waals surface area contributed by atoms with Crippen LogP contribution in [-0.4, -0.2) is 50.7 Å². The summed E-state index contributed by atoms with van der Waals surface area (Å²) < 4.78 is 18.5. The maximum Gasteiger partial charge on any atom is 0.408 e. The highest BCUT2D eigenvalue weighted by Crippen LogP contribution is 2.36. The third-order valence-corrected chi connectivity index (χ3v) is 11.4. The summed E-state index contributed by atoms with van der Waals surface area (Å²) in [5, 5.41) is 17.9. The summed E-state index contributed by atoms with van der Waals surface area (Å²) in [6.07, 6.45) is 0.837. The minimum atomic E-state index is -2.89. The Balaban J connectivity index is 1.98. The van der Waals surface area contributed by atoms with Crippen LogP contribution in [0.2, 0.25) is 5.04 Å². The molecule has 0 saturated heterocycles. The number of ether oxygens (including phenoxy) is 2. The van der Waals surface area contributed by atoms with Gasteiger partial charge >= 0.3 is 6.09 Å². The highest BCUT2D eigenvalue weighted by atomic mass is 28.4. The number of hydrogen-bond donors (Lipinski definition) is 1. The number of rotatable bonds is 10. The summed E-state index contributed by atoms with van der Waals surface area (Å²) in [5.41, 5.74) is 0.129. The predicted molar refractivity (Wildman–Crippen MR) is 163 cm³/mol. The standard InChI is InChI=1S/C32H42N2O5Si/c1-31(2,3)39-30(35)33-26(23-34(36)22-25-18-20-27(37-7)21-19-25)24-38-40(32(4,5)6,28-14-10-8-11-15-28)29-16-12-9-13-17-29/h8-21,23,26H,22,24H2,1-7H3,(H,33,35)/b34-23-/t26-/m1/s1. The summed E-state index contributed by atoms with van der Waals surface area (Å²) in [6, 6.07) is 27.1. The average molecular weight is 563 g/mol. The average Bonchev–Trinajstić information content (AvgIpc) is 2.88. The lowest BCUT2D eigenvalue weighted by Crippen LogP contribution is -2.67. The number of amides is 1. The molecule has 0 saturated carbocycles. The number of nitrogens with zero attached hydrogens (tertiary/aromatic N) is 1. The molecule has 0 aliphatic carbocycles. The maximum atomic E-state index is 13.1. The van der Waals surface area contributed by atoms with Crippen LogP contribution in [-0.2, 0) is 15.7 Å². The molecule has 1 atom stereocenters. The number of benzene rings is 3. The van der Waals surface area contributed by atoms with E-state index >= 15 is 0 Å². The second-order valence-corrected chi connectivity index (χ2v) is 16.1. The number of hydrogen-bond acceptors (Lipinski definition) is 5. The fraction of sp³-hybridized carbons (Fsp3) is 0.375. The largest absolute Gasteiger partial charge is 0.624 e. The zero-order valence-electron chi connectivity index (χ0n) is 24.6. The van der Waals surface area contributed by atoms with Crippen LogP contribution in [0.1, 0.15) is 47.1 Å². The van der Waals surface area contributed by atoms with Gasteiger partial charge in [-0.1, -0.05) is 81.4 Å². The molecular formula is C32H42N2O5Si. The van der Waals surface area contributed by atoms with Crippen LogP contribution in [0.25, 0.3) is 0 Å². The van der Waals surface area contributed by atoms with Gasteiger partial charge in [-0.25, -0.2) is 9.53 Å². The Hall–Kier alpha value is -3.62. The first-order valence-electron chi connectivity index (χ1n) is 13.5.